The molecule has 1 saturated heterocycles. The summed E-state index contributed by atoms with van der Waals surface area (Å²) < 4.78 is 160. The highest BCUT2D eigenvalue weighted by Crippen LogP contribution is 2.54. The van der Waals surface area contributed by atoms with Crippen LogP contribution in [0.1, 0.15) is 55.2 Å². The molecule has 2 aliphatic rings. The first-order valence-corrected chi connectivity index (χ1v) is 16.0. The molecule has 5 rings (SSSR count). The van der Waals surface area contributed by atoms with E-state index in [1.807, 2.05) is 0 Å². The van der Waals surface area contributed by atoms with Gasteiger partial charge in [0.1, 0.15) is 22.2 Å². The van der Waals surface area contributed by atoms with Crippen LogP contribution in [0.4, 0.5) is 39.5 Å². The minimum Gasteiger partial charge on any atom is -0.349 e. The number of halogens is 9. The van der Waals surface area contributed by atoms with Gasteiger partial charge >= 0.3 is 12.4 Å². The molecule has 0 spiro atoms. The molecule has 1 aliphatic heterocycles. The zero-order valence-corrected chi connectivity index (χ0v) is 25.3. The van der Waals surface area contributed by atoms with Crippen LogP contribution in [-0.4, -0.2) is 44.2 Å². The van der Waals surface area contributed by atoms with Gasteiger partial charge in [-0.25, -0.2) is 21.6 Å². The molecular weight excluding hydrogens is 665 g/mol. The summed E-state index contributed by atoms with van der Waals surface area (Å²) in [6, 6.07) is 8.24. The molecule has 3 aromatic rings. The van der Waals surface area contributed by atoms with E-state index in [0.717, 1.165) is 42.5 Å². The Kier molecular flexibility index (Phi) is 9.21. The lowest BCUT2D eigenvalue weighted by Crippen LogP contribution is -2.56. The van der Waals surface area contributed by atoms with Crippen molar-refractivity contribution in [1.82, 2.24) is 4.90 Å². The van der Waals surface area contributed by atoms with Gasteiger partial charge in [0.05, 0.1) is 11.5 Å². The fourth-order valence-corrected chi connectivity index (χ4v) is 8.75. The van der Waals surface area contributed by atoms with Gasteiger partial charge in [-0.3, -0.25) is 4.79 Å². The summed E-state index contributed by atoms with van der Waals surface area (Å²) >= 11 is 0. The van der Waals surface area contributed by atoms with Gasteiger partial charge in [-0.1, -0.05) is 30.3 Å². The largest absolute Gasteiger partial charge is 0.430 e. The number of benzene rings is 3. The summed E-state index contributed by atoms with van der Waals surface area (Å²) in [4.78, 5) is 13.7. The van der Waals surface area contributed by atoms with E-state index in [9.17, 15) is 52.7 Å². The number of likely N-dealkylation sites (tertiary alicyclic amines) is 1. The van der Waals surface area contributed by atoms with Gasteiger partial charge in [0.15, 0.2) is 9.84 Å². The number of hydrogen-bond donors (Lipinski definition) is 0. The summed E-state index contributed by atoms with van der Waals surface area (Å²) in [5.74, 6) is -3.67. The Morgan fingerprint density at radius 2 is 1.36 bits per heavy atom. The van der Waals surface area contributed by atoms with Crippen molar-refractivity contribution in [2.75, 3.05) is 6.54 Å². The molecule has 1 amide bonds. The van der Waals surface area contributed by atoms with Gasteiger partial charge in [0.25, 0.3) is 5.60 Å². The predicted molar refractivity (Wildman–Crippen MR) is 150 cm³/mol. The van der Waals surface area contributed by atoms with Crippen LogP contribution >= 0.6 is 0 Å². The number of alkyl halides is 6. The minimum absolute atomic E-state index is 0.0980. The van der Waals surface area contributed by atoms with Gasteiger partial charge in [-0.2, -0.15) is 26.3 Å². The number of carbonyl (C=O) groups excluding carboxylic acids is 1. The van der Waals surface area contributed by atoms with Crippen molar-refractivity contribution in [2.24, 2.45) is 0 Å². The molecule has 0 radical (unpaired) electrons. The number of carbonyl (C=O) groups is 1. The number of ether oxygens (including phenoxy) is 1. The Morgan fingerprint density at radius 1 is 0.809 bits per heavy atom. The Bertz CT molecular complexity index is 1680. The van der Waals surface area contributed by atoms with Crippen LogP contribution in [0.15, 0.2) is 71.6 Å². The van der Waals surface area contributed by atoms with E-state index in [4.69, 9.17) is 0 Å². The third-order valence-corrected chi connectivity index (χ3v) is 11.6. The molecule has 3 aromatic carbocycles. The average molecular weight is 694 g/mol. The molecule has 254 valence electrons. The molecule has 47 heavy (non-hydrogen) atoms. The molecule has 1 saturated carbocycles. The van der Waals surface area contributed by atoms with E-state index in [1.54, 1.807) is 4.90 Å². The summed E-state index contributed by atoms with van der Waals surface area (Å²) in [6.07, 6.45) is -11.4. The maximum Gasteiger partial charge on any atom is 0.430 e. The van der Waals surface area contributed by atoms with E-state index < -0.39 is 67.7 Å². The third kappa shape index (κ3) is 6.00. The molecule has 2 fully saturated rings. The Labute approximate surface area is 264 Å². The summed E-state index contributed by atoms with van der Waals surface area (Å²) in [6.45, 7) is -1.26. The second-order valence-corrected chi connectivity index (χ2v) is 13.9. The molecule has 0 aromatic heterocycles. The van der Waals surface area contributed by atoms with Crippen molar-refractivity contribution in [3.8, 4) is 0 Å². The highest BCUT2D eigenvalue weighted by molar-refractivity contribution is 7.92. The van der Waals surface area contributed by atoms with Crippen molar-refractivity contribution in [2.45, 2.75) is 78.8 Å². The third-order valence-electron chi connectivity index (χ3n) is 9.06. The second-order valence-electron chi connectivity index (χ2n) is 11.6. The number of nitrogens with zero attached hydrogens (tertiary/aromatic N) is 1. The maximum atomic E-state index is 14.5. The maximum absolute atomic E-state index is 14.5. The topological polar surface area (TPSA) is 63.7 Å². The van der Waals surface area contributed by atoms with Gasteiger partial charge in [-0.05, 0) is 74.1 Å². The zero-order chi connectivity index (χ0) is 34.4. The summed E-state index contributed by atoms with van der Waals surface area (Å²) in [5, 5.41) is 0. The van der Waals surface area contributed by atoms with Crippen molar-refractivity contribution in [3.05, 3.63) is 101 Å². The smallest absolute Gasteiger partial charge is 0.349 e. The van der Waals surface area contributed by atoms with Crippen molar-refractivity contribution in [3.63, 3.8) is 0 Å². The van der Waals surface area contributed by atoms with Crippen LogP contribution in [0.3, 0.4) is 0 Å². The molecular formula is C32H28F9NO4S. The second kappa shape index (κ2) is 12.5. The van der Waals surface area contributed by atoms with Crippen LogP contribution in [0.5, 0.6) is 0 Å². The van der Waals surface area contributed by atoms with Crippen LogP contribution in [0.25, 0.3) is 0 Å². The molecule has 0 bridgehead atoms. The van der Waals surface area contributed by atoms with Gasteiger partial charge in [0, 0.05) is 30.1 Å². The van der Waals surface area contributed by atoms with Crippen LogP contribution in [-0.2, 0) is 36.3 Å². The molecule has 15 heteroatoms. The Balaban J connectivity index is 1.58. The summed E-state index contributed by atoms with van der Waals surface area (Å²) in [7, 11) is -4.44. The standard InChI is InChI=1S/C32H28F9NO4S/c33-22-10-12-24(13-11-22)47(44,45)29(16-14-23(15-17-29)42-18-2-5-28(42)43)20-6-8-21(9-7-20)30(31(36,37)38,32(39,40)41)46-19-25-26(34)3-1-4-27(25)35/h1,3-4,6-13,23H,2,5,14-19H2. The molecule has 0 unspecified atom stereocenters. The van der Waals surface area contributed by atoms with Crippen LogP contribution < -0.4 is 0 Å². The minimum atomic E-state index is -6.19. The van der Waals surface area contributed by atoms with Crippen molar-refractivity contribution >= 4 is 15.7 Å². The number of hydrogen-bond acceptors (Lipinski definition) is 4. The van der Waals surface area contributed by atoms with Gasteiger partial charge in [0.2, 0.25) is 5.91 Å². The normalized spacial score (nSPS) is 21.3. The first-order chi connectivity index (χ1) is 21.9. The fourth-order valence-electron chi connectivity index (χ4n) is 6.58. The first-order valence-electron chi connectivity index (χ1n) is 14.6. The van der Waals surface area contributed by atoms with Crippen LogP contribution in [0, 0.1) is 17.5 Å². The van der Waals surface area contributed by atoms with Crippen LogP contribution in [0.2, 0.25) is 0 Å². The average Bonchev–Trinajstić information content (AvgIpc) is 3.43. The number of rotatable bonds is 8. The SMILES string of the molecule is O=C1CCCN1C1CCC(c2ccc(C(OCc3c(F)cccc3F)(C(F)(F)F)C(F)(F)F)cc2)(S(=O)(=O)c2ccc(F)cc2)CC1. The lowest BCUT2D eigenvalue weighted by atomic mass is 9.79. The lowest BCUT2D eigenvalue weighted by molar-refractivity contribution is -0.392. The highest BCUT2D eigenvalue weighted by atomic mass is 32.2. The molecule has 1 aliphatic carbocycles. The molecule has 5 nitrogen and oxygen atoms in total. The number of sulfone groups is 1. The van der Waals surface area contributed by atoms with Gasteiger partial charge in [-0.15, -0.1) is 0 Å². The Morgan fingerprint density at radius 3 is 1.85 bits per heavy atom. The quantitative estimate of drug-likeness (QED) is 0.178. The van der Waals surface area contributed by atoms with E-state index in [2.05, 4.69) is 4.74 Å². The summed E-state index contributed by atoms with van der Waals surface area (Å²) in [5.41, 5.74) is -7.83. The van der Waals surface area contributed by atoms with E-state index in [0.29, 0.717) is 43.7 Å². The van der Waals surface area contributed by atoms with E-state index in [-0.39, 0.29) is 48.1 Å². The predicted octanol–water partition coefficient (Wildman–Crippen LogP) is 7.87. The van der Waals surface area contributed by atoms with Crippen molar-refractivity contribution in [1.29, 1.82) is 0 Å². The van der Waals surface area contributed by atoms with E-state index >= 15 is 0 Å². The van der Waals surface area contributed by atoms with Crippen molar-refractivity contribution < 1.29 is 57.5 Å². The Hall–Kier alpha value is -3.59. The van der Waals surface area contributed by atoms with E-state index in [1.165, 1.54) is 0 Å². The molecule has 1 heterocycles. The number of amides is 1. The highest BCUT2D eigenvalue weighted by Gasteiger charge is 2.73. The first kappa shape index (κ1) is 34.7. The lowest BCUT2D eigenvalue weighted by Gasteiger charge is -2.43. The fraction of sp³-hybridized carbons (Fsp3) is 0.406. The van der Waals surface area contributed by atoms with Gasteiger partial charge < -0.3 is 9.64 Å². The molecule has 0 atom stereocenters. The zero-order valence-electron chi connectivity index (χ0n) is 24.5. The monoisotopic (exact) mass is 693 g/mol. The molecule has 0 N–H and O–H groups in total.